The molecule has 0 saturated carbocycles. The molecule has 1 aromatic rings. The van der Waals surface area contributed by atoms with Crippen molar-refractivity contribution in [1.29, 1.82) is 0 Å². The summed E-state index contributed by atoms with van der Waals surface area (Å²) < 4.78 is 0. The molecule has 2 aliphatic rings. The molecule has 26 heteroatoms. The number of nitrogens with one attached hydrogen (secondary N) is 6. The molecule has 15 N–H and O–H groups in total. The van der Waals surface area contributed by atoms with Crippen LogP contribution in [0.1, 0.15) is 171 Å². The number of rotatable bonds is 38. The first-order valence-electron chi connectivity index (χ1n) is 32.0. The molecule has 0 radical (unpaired) electrons. The summed E-state index contributed by atoms with van der Waals surface area (Å²) in [7, 11) is 1.35. The maximum atomic E-state index is 15.0. The average molecular weight is 1250 g/mol. The molecule has 500 valence electrons. The molecule has 26 nitrogen and oxygen atoms in total. The van der Waals surface area contributed by atoms with E-state index in [-0.39, 0.29) is 100 Å². The van der Waals surface area contributed by atoms with E-state index in [2.05, 4.69) is 43.8 Å². The number of aliphatic carboxylic acids is 1. The van der Waals surface area contributed by atoms with Gasteiger partial charge < -0.3 is 74.6 Å². The molecule has 89 heavy (non-hydrogen) atoms. The Morgan fingerprint density at radius 1 is 0.674 bits per heavy atom. The molecule has 2 heterocycles. The van der Waals surface area contributed by atoms with Gasteiger partial charge in [-0.25, -0.2) is 0 Å². The molecule has 1 aromatic carbocycles. The zero-order valence-electron chi connectivity index (χ0n) is 54.4. The lowest BCUT2D eigenvalue weighted by Crippen LogP contribution is -2.61. The van der Waals surface area contributed by atoms with E-state index in [0.717, 1.165) is 42.6 Å². The number of carbonyl (C=O) groups excluding carboxylic acids is 10. The first kappa shape index (κ1) is 75.9. The molecule has 11 atom stereocenters. The molecule has 3 rings (SSSR count). The van der Waals surface area contributed by atoms with Crippen LogP contribution >= 0.6 is 0 Å². The number of benzene rings is 1. The van der Waals surface area contributed by atoms with Gasteiger partial charge in [0.1, 0.15) is 48.3 Å². The fourth-order valence-electron chi connectivity index (χ4n) is 11.2. The summed E-state index contributed by atoms with van der Waals surface area (Å²) >= 11 is 0. The maximum absolute atomic E-state index is 15.0. The van der Waals surface area contributed by atoms with Crippen LogP contribution in [0.3, 0.4) is 0 Å². The smallest absolute Gasteiger partial charge is 0.305 e. The lowest BCUT2D eigenvalue weighted by Gasteiger charge is -2.35. The zero-order valence-corrected chi connectivity index (χ0v) is 54.4. The number of carboxylic acid groups (broad SMARTS) is 1. The number of piperidine rings is 1. The van der Waals surface area contributed by atoms with Gasteiger partial charge in [0, 0.05) is 52.1 Å². The minimum atomic E-state index is -1.79. The lowest BCUT2D eigenvalue weighted by atomic mass is 9.95. The van der Waals surface area contributed by atoms with Crippen LogP contribution < -0.4 is 54.8 Å². The summed E-state index contributed by atoms with van der Waals surface area (Å²) in [6, 6.07) is -2.00. The van der Waals surface area contributed by atoms with Crippen LogP contribution in [0.4, 0.5) is 0 Å². The minimum Gasteiger partial charge on any atom is -0.481 e. The summed E-state index contributed by atoms with van der Waals surface area (Å²) in [4.78, 5) is 161. The molecule has 2 aliphatic heterocycles. The second-order valence-electron chi connectivity index (χ2n) is 25.5. The number of hydrogen-bond acceptors (Lipinski definition) is 13. The van der Waals surface area contributed by atoms with Crippen molar-refractivity contribution in [3.05, 3.63) is 35.9 Å². The number of nitrogens with zero attached hydrogens (tertiary/aromatic N) is 4. The average Bonchev–Trinajstić information content (AvgIpc) is 4.17. The Morgan fingerprint density at radius 3 is 1.84 bits per heavy atom. The van der Waals surface area contributed by atoms with Gasteiger partial charge in [-0.3, -0.25) is 57.7 Å². The fraction of sp³-hybridized carbons (Fsp3) is 0.714. The molecule has 0 bridgehead atoms. The van der Waals surface area contributed by atoms with Gasteiger partial charge in [0.25, 0.3) is 0 Å². The normalized spacial score (nSPS) is 18.5. The standard InChI is InChI=1S/C63H106N14O12/c1-11-13-14-15-19-26-51(78)76-28-21-24-42(35-76)55(82)70-46(32-41-22-17-16-18-23-41)58(85)71-45(29-37(3)4)57(84)73-48(30-38(5)6)61(88)77-36-43(64)33-50(77)62(89)75(10)49(31-39(7)8)60(87)72-47(34-52(79)80)59(86)69-44(25-20-27-68-63(66)67)56(83)74-53(54(65)81)40(9)12-2/h16-18,22-23,37-40,42-50,53H,11-15,19-21,24-36,64H2,1-10H3,(H2,65,81)(H,69,86)(H,70,82)(H,71,85)(H,72,87)(H,73,84)(H,74,83)(H,79,80)(H4,66,67,68)/t40-,42-,43+,44-,45+,46-,47-,48-,49-,50-,53-/m0/s1. The van der Waals surface area contributed by atoms with Gasteiger partial charge in [-0.15, -0.1) is 0 Å². The van der Waals surface area contributed by atoms with Crippen LogP contribution in [-0.2, 0) is 59.2 Å². The number of carbonyl (C=O) groups is 11. The topological polar surface area (TPSA) is 406 Å². The van der Waals surface area contributed by atoms with Crippen molar-refractivity contribution in [2.75, 3.05) is 33.2 Å². The molecule has 0 spiro atoms. The monoisotopic (exact) mass is 1250 g/mol. The van der Waals surface area contributed by atoms with Crippen LogP contribution in [0.5, 0.6) is 0 Å². The first-order chi connectivity index (χ1) is 42.0. The number of amides is 10. The van der Waals surface area contributed by atoms with Crippen molar-refractivity contribution in [2.45, 2.75) is 226 Å². The Hall–Kier alpha value is -7.38. The van der Waals surface area contributed by atoms with Gasteiger partial charge in [-0.05, 0) is 87.0 Å². The second-order valence-corrected chi connectivity index (χ2v) is 25.5. The van der Waals surface area contributed by atoms with Crippen molar-refractivity contribution in [3.63, 3.8) is 0 Å². The third kappa shape index (κ3) is 25.9. The van der Waals surface area contributed by atoms with Crippen LogP contribution in [0, 0.1) is 29.6 Å². The van der Waals surface area contributed by atoms with Crippen LogP contribution in [0.15, 0.2) is 35.3 Å². The van der Waals surface area contributed by atoms with E-state index in [4.69, 9.17) is 22.9 Å². The van der Waals surface area contributed by atoms with Crippen molar-refractivity contribution in [2.24, 2.45) is 57.5 Å². The molecule has 2 saturated heterocycles. The molecular weight excluding hydrogens is 1140 g/mol. The third-order valence-corrected chi connectivity index (χ3v) is 16.3. The highest BCUT2D eigenvalue weighted by molar-refractivity contribution is 5.99. The Labute approximate surface area is 526 Å². The largest absolute Gasteiger partial charge is 0.481 e. The summed E-state index contributed by atoms with van der Waals surface area (Å²) in [5.41, 5.74) is 23.8. The third-order valence-electron chi connectivity index (χ3n) is 16.3. The highest BCUT2D eigenvalue weighted by Crippen LogP contribution is 2.25. The predicted octanol–water partition coefficient (Wildman–Crippen LogP) is 1.69. The summed E-state index contributed by atoms with van der Waals surface area (Å²) in [6.45, 7) is 17.4. The number of guanidine groups is 1. The molecule has 0 aliphatic carbocycles. The second kappa shape index (κ2) is 38.2. The van der Waals surface area contributed by atoms with Gasteiger partial charge in [-0.1, -0.05) is 125 Å². The molecule has 0 aromatic heterocycles. The van der Waals surface area contributed by atoms with E-state index in [1.54, 1.807) is 32.6 Å². The van der Waals surface area contributed by atoms with Crippen LogP contribution in [0.2, 0.25) is 0 Å². The predicted molar refractivity (Wildman–Crippen MR) is 338 cm³/mol. The number of primary amides is 1. The van der Waals surface area contributed by atoms with Gasteiger partial charge in [-0.2, -0.15) is 0 Å². The van der Waals surface area contributed by atoms with Crippen molar-refractivity contribution < 1.29 is 57.8 Å². The van der Waals surface area contributed by atoms with Crippen molar-refractivity contribution in [1.82, 2.24) is 46.6 Å². The van der Waals surface area contributed by atoms with E-state index in [0.29, 0.717) is 32.2 Å². The van der Waals surface area contributed by atoms with Crippen molar-refractivity contribution >= 4 is 71.0 Å². The zero-order chi connectivity index (χ0) is 66.7. The van der Waals surface area contributed by atoms with E-state index in [1.165, 1.54) is 11.9 Å². The SMILES string of the molecule is CCCCCCCC(=O)N1CCC[C@H](C(=O)N[C@@H](Cc2ccccc2)C(=O)N[C@H](CC(C)C)C(=O)N[C@@H](CC(C)C)C(=O)N2C[C@H](N)C[C@H]2C(=O)N(C)[C@@H](CC(C)C)C(=O)N[C@@H](CC(=O)O)C(=O)N[C@@H](CCCN=C(N)N)C(=O)N[C@H](C(N)=O)[C@@H](C)CC)C1. The van der Waals surface area contributed by atoms with E-state index in [1.807, 2.05) is 58.0 Å². The Bertz CT molecular complexity index is 2550. The minimum absolute atomic E-state index is 0.00647. The number of nitrogens with two attached hydrogens (primary N) is 4. The Balaban J connectivity index is 1.90. The number of hydrogen-bond donors (Lipinski definition) is 11. The van der Waals surface area contributed by atoms with Crippen LogP contribution in [-0.4, -0.2) is 178 Å². The Kier molecular flexibility index (Phi) is 32.6. The lowest BCUT2D eigenvalue weighted by molar-refractivity contribution is -0.149. The van der Waals surface area contributed by atoms with E-state index < -0.39 is 126 Å². The quantitative estimate of drug-likeness (QED) is 0.0255. The summed E-state index contributed by atoms with van der Waals surface area (Å²) in [5.74, 6) is -9.87. The number of unbranched alkanes of at least 4 members (excludes halogenated alkanes) is 4. The fourth-order valence-corrected chi connectivity index (χ4v) is 11.2. The highest BCUT2D eigenvalue weighted by Gasteiger charge is 2.45. The van der Waals surface area contributed by atoms with E-state index >= 15 is 0 Å². The molecule has 2 fully saturated rings. The van der Waals surface area contributed by atoms with Gasteiger partial charge >= 0.3 is 5.97 Å². The maximum Gasteiger partial charge on any atom is 0.305 e. The van der Waals surface area contributed by atoms with Gasteiger partial charge in [0.15, 0.2) is 5.96 Å². The first-order valence-corrected chi connectivity index (χ1v) is 32.0. The van der Waals surface area contributed by atoms with Crippen LogP contribution in [0.25, 0.3) is 0 Å². The number of aliphatic imine (C=N–C) groups is 1. The van der Waals surface area contributed by atoms with Gasteiger partial charge in [0.2, 0.25) is 59.1 Å². The Morgan fingerprint density at radius 2 is 1.25 bits per heavy atom. The molecule has 0 unspecified atom stereocenters. The van der Waals surface area contributed by atoms with E-state index in [9.17, 15) is 57.8 Å². The summed E-state index contributed by atoms with van der Waals surface area (Å²) in [5, 5.41) is 26.3. The summed E-state index contributed by atoms with van der Waals surface area (Å²) in [6.07, 6.45) is 6.48. The van der Waals surface area contributed by atoms with Gasteiger partial charge in [0.05, 0.1) is 12.3 Å². The molecular formula is C63H106N14O12. The van der Waals surface area contributed by atoms with Crippen molar-refractivity contribution in [3.8, 4) is 0 Å². The number of carboxylic acids is 1. The molecule has 10 amide bonds. The highest BCUT2D eigenvalue weighted by atomic mass is 16.4. The number of likely N-dealkylation sites (N-methyl/N-ethyl adjacent to an activating group) is 1. The number of likely N-dealkylation sites (tertiary alicyclic amines) is 2.